The number of benzene rings is 1. The van der Waals surface area contributed by atoms with Crippen molar-refractivity contribution in [2.45, 2.75) is 40.0 Å². The van der Waals surface area contributed by atoms with Gasteiger partial charge in [0.2, 0.25) is 0 Å². The van der Waals surface area contributed by atoms with Gasteiger partial charge in [-0.25, -0.2) is 0 Å². The first-order valence-corrected chi connectivity index (χ1v) is 6.07. The van der Waals surface area contributed by atoms with Gasteiger partial charge in [0.15, 0.2) is 0 Å². The maximum atomic E-state index is 12.0. The van der Waals surface area contributed by atoms with E-state index in [0.717, 1.165) is 19.3 Å². The van der Waals surface area contributed by atoms with Crippen LogP contribution in [0.2, 0.25) is 0 Å². The summed E-state index contributed by atoms with van der Waals surface area (Å²) < 4.78 is 0. The Balaban J connectivity index is 2.00. The summed E-state index contributed by atoms with van der Waals surface area (Å²) in [5, 5.41) is 0. The molecule has 1 nitrogen and oxygen atoms in total. The fraction of sp³-hybridized carbons (Fsp3) is 0.533. The van der Waals surface area contributed by atoms with E-state index < -0.39 is 0 Å². The van der Waals surface area contributed by atoms with Crippen LogP contribution in [0.4, 0.5) is 0 Å². The number of carbonyl (C=O) groups excluding carboxylic acids is 1. The van der Waals surface area contributed by atoms with Gasteiger partial charge in [-0.3, -0.25) is 4.79 Å². The monoisotopic (exact) mass is 216 g/mol. The molecule has 1 aliphatic carbocycles. The molecule has 0 atom stereocenters. The second-order valence-electron chi connectivity index (χ2n) is 5.92. The Hall–Kier alpha value is -1.11. The average molecular weight is 216 g/mol. The van der Waals surface area contributed by atoms with E-state index >= 15 is 0 Å². The summed E-state index contributed by atoms with van der Waals surface area (Å²) >= 11 is 0. The van der Waals surface area contributed by atoms with E-state index in [2.05, 4.69) is 24.3 Å². The number of fused-ring (bicyclic) bond motifs is 1. The summed E-state index contributed by atoms with van der Waals surface area (Å²) in [6.07, 6.45) is 2.90. The number of rotatable bonds is 2. The third kappa shape index (κ3) is 2.34. The highest BCUT2D eigenvalue weighted by atomic mass is 16.1. The number of hydrogen-bond acceptors (Lipinski definition) is 1. The van der Waals surface area contributed by atoms with Crippen molar-refractivity contribution in [3.8, 4) is 0 Å². The Morgan fingerprint density at radius 3 is 2.12 bits per heavy atom. The highest BCUT2D eigenvalue weighted by molar-refractivity contribution is 5.83. The lowest BCUT2D eigenvalue weighted by atomic mass is 9.84. The average Bonchev–Trinajstić information content (AvgIpc) is 2.58. The predicted molar refractivity (Wildman–Crippen MR) is 66.4 cm³/mol. The minimum Gasteiger partial charge on any atom is -0.299 e. The molecule has 0 fully saturated rings. The largest absolute Gasteiger partial charge is 0.299 e. The summed E-state index contributed by atoms with van der Waals surface area (Å²) in [4.78, 5) is 12.0. The van der Waals surface area contributed by atoms with Crippen molar-refractivity contribution in [3.63, 3.8) is 0 Å². The molecule has 0 saturated heterocycles. The van der Waals surface area contributed by atoms with Crippen molar-refractivity contribution in [1.29, 1.82) is 0 Å². The van der Waals surface area contributed by atoms with E-state index in [1.54, 1.807) is 0 Å². The lowest BCUT2D eigenvalue weighted by Gasteiger charge is -2.19. The molecular weight excluding hydrogens is 196 g/mol. The molecule has 0 amide bonds. The van der Waals surface area contributed by atoms with Crippen LogP contribution in [0, 0.1) is 11.3 Å². The Labute approximate surface area is 97.9 Å². The van der Waals surface area contributed by atoms with E-state index in [9.17, 15) is 4.79 Å². The van der Waals surface area contributed by atoms with Gasteiger partial charge in [0.1, 0.15) is 5.78 Å². The Bertz CT molecular complexity index is 373. The number of ketones is 1. The van der Waals surface area contributed by atoms with E-state index in [-0.39, 0.29) is 5.41 Å². The maximum absolute atomic E-state index is 12.0. The van der Waals surface area contributed by atoms with Crippen molar-refractivity contribution in [2.75, 3.05) is 0 Å². The molecule has 1 heteroatoms. The first-order valence-electron chi connectivity index (χ1n) is 6.07. The molecule has 0 aromatic heterocycles. The fourth-order valence-corrected chi connectivity index (χ4v) is 2.36. The summed E-state index contributed by atoms with van der Waals surface area (Å²) in [5.41, 5.74) is 2.69. The second kappa shape index (κ2) is 4.04. The molecule has 0 unspecified atom stereocenters. The number of hydrogen-bond donors (Lipinski definition) is 0. The molecule has 16 heavy (non-hydrogen) atoms. The second-order valence-corrected chi connectivity index (χ2v) is 5.92. The maximum Gasteiger partial charge on any atom is 0.138 e. The van der Waals surface area contributed by atoms with Crippen molar-refractivity contribution in [2.24, 2.45) is 11.3 Å². The summed E-state index contributed by atoms with van der Waals surface area (Å²) in [6.45, 7) is 6.03. The Morgan fingerprint density at radius 1 is 1.19 bits per heavy atom. The normalized spacial score (nSPS) is 16.2. The van der Waals surface area contributed by atoms with Crippen molar-refractivity contribution >= 4 is 5.78 Å². The fourth-order valence-electron chi connectivity index (χ4n) is 2.36. The molecular formula is C15H20O. The van der Waals surface area contributed by atoms with Gasteiger partial charge < -0.3 is 0 Å². The van der Waals surface area contributed by atoms with Gasteiger partial charge in [0.05, 0.1) is 0 Å². The van der Waals surface area contributed by atoms with Crippen LogP contribution in [0.3, 0.4) is 0 Å². The van der Waals surface area contributed by atoms with Crippen LogP contribution in [0.1, 0.15) is 38.3 Å². The van der Waals surface area contributed by atoms with Crippen LogP contribution in [0.5, 0.6) is 0 Å². The van der Waals surface area contributed by atoms with Crippen LogP contribution in [0.25, 0.3) is 0 Å². The number of carbonyl (C=O) groups is 1. The van der Waals surface area contributed by atoms with Crippen LogP contribution < -0.4 is 0 Å². The predicted octanol–water partition coefficient (Wildman–Crippen LogP) is 3.41. The van der Waals surface area contributed by atoms with Gasteiger partial charge >= 0.3 is 0 Å². The third-order valence-electron chi connectivity index (χ3n) is 3.45. The van der Waals surface area contributed by atoms with Crippen molar-refractivity contribution in [1.82, 2.24) is 0 Å². The highest BCUT2D eigenvalue weighted by Crippen LogP contribution is 2.31. The van der Waals surface area contributed by atoms with Crippen molar-refractivity contribution in [3.05, 3.63) is 35.4 Å². The zero-order valence-corrected chi connectivity index (χ0v) is 10.4. The smallest absolute Gasteiger partial charge is 0.138 e. The molecule has 1 aromatic carbocycles. The molecule has 0 spiro atoms. The Kier molecular flexibility index (Phi) is 2.88. The minimum absolute atomic E-state index is 0.186. The van der Waals surface area contributed by atoms with Gasteiger partial charge in [-0.2, -0.15) is 0 Å². The standard InChI is InChI=1S/C15H20O/c1-15(2,3)14(16)10-11-8-12-6-4-5-7-13(12)9-11/h4-7,11H,8-10H2,1-3H3. The van der Waals surface area contributed by atoms with Crippen LogP contribution in [-0.2, 0) is 17.6 Å². The molecule has 0 radical (unpaired) electrons. The van der Waals surface area contributed by atoms with Gasteiger partial charge in [-0.15, -0.1) is 0 Å². The molecule has 0 N–H and O–H groups in total. The Morgan fingerprint density at radius 2 is 1.69 bits per heavy atom. The molecule has 0 saturated carbocycles. The van der Waals surface area contributed by atoms with Crippen molar-refractivity contribution < 1.29 is 4.79 Å². The summed E-state index contributed by atoms with van der Waals surface area (Å²) in [5.74, 6) is 0.925. The van der Waals surface area contributed by atoms with Gasteiger partial charge in [-0.1, -0.05) is 45.0 Å². The quantitative estimate of drug-likeness (QED) is 0.740. The van der Waals surface area contributed by atoms with Gasteiger partial charge in [0, 0.05) is 11.8 Å². The van der Waals surface area contributed by atoms with Crippen LogP contribution in [0.15, 0.2) is 24.3 Å². The summed E-state index contributed by atoms with van der Waals surface area (Å²) in [6, 6.07) is 8.56. The van der Waals surface area contributed by atoms with E-state index in [1.807, 2.05) is 20.8 Å². The van der Waals surface area contributed by atoms with E-state index in [1.165, 1.54) is 11.1 Å². The zero-order chi connectivity index (χ0) is 11.8. The van der Waals surface area contributed by atoms with Gasteiger partial charge in [-0.05, 0) is 29.9 Å². The third-order valence-corrected chi connectivity index (χ3v) is 3.45. The zero-order valence-electron chi connectivity index (χ0n) is 10.4. The lowest BCUT2D eigenvalue weighted by Crippen LogP contribution is -2.23. The molecule has 1 aromatic rings. The molecule has 1 aliphatic rings. The molecule has 0 aliphatic heterocycles. The van der Waals surface area contributed by atoms with Crippen LogP contribution >= 0.6 is 0 Å². The molecule has 0 heterocycles. The lowest BCUT2D eigenvalue weighted by molar-refractivity contribution is -0.127. The first kappa shape index (κ1) is 11.4. The minimum atomic E-state index is -0.186. The molecule has 0 bridgehead atoms. The molecule has 86 valence electrons. The molecule has 2 rings (SSSR count). The van der Waals surface area contributed by atoms with Gasteiger partial charge in [0.25, 0.3) is 0 Å². The highest BCUT2D eigenvalue weighted by Gasteiger charge is 2.28. The summed E-state index contributed by atoms with van der Waals surface area (Å²) in [7, 11) is 0. The van der Waals surface area contributed by atoms with E-state index in [0.29, 0.717) is 11.7 Å². The first-order chi connectivity index (χ1) is 7.47. The van der Waals surface area contributed by atoms with Crippen LogP contribution in [-0.4, -0.2) is 5.78 Å². The number of Topliss-reactive ketones (excluding diaryl/α,β-unsaturated/α-hetero) is 1. The van der Waals surface area contributed by atoms with E-state index in [4.69, 9.17) is 0 Å². The topological polar surface area (TPSA) is 17.1 Å². The SMILES string of the molecule is CC(C)(C)C(=O)CC1Cc2ccccc2C1.